The second-order valence-corrected chi connectivity index (χ2v) is 20.0. The van der Waals surface area contributed by atoms with Crippen LogP contribution in [0.15, 0.2) is 180 Å². The lowest BCUT2D eigenvalue weighted by molar-refractivity contribution is -0.255. The third-order valence-electron chi connectivity index (χ3n) is 14.4. The van der Waals surface area contributed by atoms with Gasteiger partial charge in [0.25, 0.3) is 5.91 Å². The predicted octanol–water partition coefficient (Wildman–Crippen LogP) is 12.1. The van der Waals surface area contributed by atoms with Crippen LogP contribution in [0.25, 0.3) is 10.8 Å². The van der Waals surface area contributed by atoms with E-state index in [0.717, 1.165) is 70.2 Å². The third-order valence-corrected chi connectivity index (χ3v) is 15.4. The number of oxime groups is 1. The fourth-order valence-corrected chi connectivity index (χ4v) is 11.9. The standard InChI is InChI=1S/C61H63N3O7S/c1-2-34-69-61-57(64(60(67)46-28-26-43(40-62)27-29-46)41-48-21-15-20-45-18-9-10-24-51(45)48)39-55(63-70-42-44-16-5-3-6-17-44)53-37-47(19-11-13-32-65)52(25-12-14-33-66)58(59(53)61)54-38-49(30-31-56(54)71-61)68-35-36-72-50-22-7-4-8-23-50/h2-10,15-18,20-24,26-31,37-38,47,52,57-59,65-66H,1,11-14,19,25,32-36,39,41-42H2/t47-,52+,57-,58+,59+,61+/m0/s1. The molecule has 72 heavy (non-hydrogen) atoms. The summed E-state index contributed by atoms with van der Waals surface area (Å²) in [6.45, 7) is 5.37. The highest BCUT2D eigenvalue weighted by molar-refractivity contribution is 7.99. The highest BCUT2D eigenvalue weighted by Crippen LogP contribution is 2.62. The van der Waals surface area contributed by atoms with Crippen LogP contribution in [0.1, 0.15) is 83.5 Å². The number of unbranched alkanes of at least 4 members (excludes halogenated alkanes) is 2. The Bertz CT molecular complexity index is 2880. The monoisotopic (exact) mass is 981 g/mol. The zero-order valence-electron chi connectivity index (χ0n) is 40.7. The Morgan fingerprint density at radius 2 is 1.61 bits per heavy atom. The van der Waals surface area contributed by atoms with E-state index in [0.29, 0.717) is 42.0 Å². The molecule has 2 N–H and O–H groups in total. The lowest BCUT2D eigenvalue weighted by atomic mass is 9.55. The van der Waals surface area contributed by atoms with E-state index in [-0.39, 0.29) is 63.1 Å². The van der Waals surface area contributed by atoms with Gasteiger partial charge >= 0.3 is 0 Å². The molecule has 1 fully saturated rings. The van der Waals surface area contributed by atoms with Crippen molar-refractivity contribution in [2.75, 3.05) is 32.2 Å². The van der Waals surface area contributed by atoms with E-state index < -0.39 is 17.7 Å². The van der Waals surface area contributed by atoms with Crippen LogP contribution < -0.4 is 9.47 Å². The van der Waals surface area contributed by atoms with Crippen molar-refractivity contribution >= 4 is 34.2 Å². The number of rotatable bonds is 23. The van der Waals surface area contributed by atoms with Crippen LogP contribution in [0.2, 0.25) is 0 Å². The summed E-state index contributed by atoms with van der Waals surface area (Å²) in [5.41, 5.74) is 5.43. The Balaban J connectivity index is 1.24. The molecule has 10 nitrogen and oxygen atoms in total. The molecule has 0 bridgehead atoms. The lowest BCUT2D eigenvalue weighted by Gasteiger charge is -2.60. The Kier molecular flexibility index (Phi) is 16.9. The van der Waals surface area contributed by atoms with E-state index >= 15 is 4.79 Å². The SMILES string of the molecule is C=CCO[C@@]12Oc3ccc(OCCSc4ccccc4)cc3[C@H]3[C@H](CCCCO)[C@@H](CCCCO)C=C(C(=NOCc4ccccc4)C[C@@H]1N(Cc1cccc4ccccc14)C(=O)c1ccc(C#N)cc1)[C@H]32. The first-order valence-electron chi connectivity index (χ1n) is 25.3. The average molecular weight is 982 g/mol. The smallest absolute Gasteiger partial charge is 0.254 e. The van der Waals surface area contributed by atoms with Gasteiger partial charge in [-0.2, -0.15) is 5.26 Å². The van der Waals surface area contributed by atoms with E-state index in [1.54, 1.807) is 42.1 Å². The number of allylic oxidation sites excluding steroid dienone is 1. The molecule has 370 valence electrons. The molecule has 1 saturated carbocycles. The van der Waals surface area contributed by atoms with Crippen molar-refractivity contribution in [1.82, 2.24) is 4.90 Å². The molecule has 1 heterocycles. The van der Waals surface area contributed by atoms with E-state index in [4.69, 9.17) is 24.2 Å². The van der Waals surface area contributed by atoms with Crippen molar-refractivity contribution in [3.8, 4) is 17.6 Å². The summed E-state index contributed by atoms with van der Waals surface area (Å²) >= 11 is 1.75. The molecular weight excluding hydrogens is 919 g/mol. The molecule has 3 aliphatic rings. The molecule has 0 radical (unpaired) electrons. The van der Waals surface area contributed by atoms with Crippen molar-refractivity contribution in [1.29, 1.82) is 5.26 Å². The Morgan fingerprint density at radius 1 is 0.875 bits per heavy atom. The number of ether oxygens (including phenoxy) is 3. The summed E-state index contributed by atoms with van der Waals surface area (Å²) in [5.74, 6) is -0.245. The first-order chi connectivity index (χ1) is 35.4. The minimum atomic E-state index is -1.48. The van der Waals surface area contributed by atoms with Crippen LogP contribution in [0.3, 0.4) is 0 Å². The maximum absolute atomic E-state index is 15.7. The number of nitriles is 1. The molecule has 9 rings (SSSR count). The molecule has 0 aromatic heterocycles. The van der Waals surface area contributed by atoms with E-state index in [1.807, 2.05) is 83.8 Å². The van der Waals surface area contributed by atoms with E-state index in [2.05, 4.69) is 61.2 Å². The molecule has 6 aromatic carbocycles. The van der Waals surface area contributed by atoms with Gasteiger partial charge in [0, 0.05) is 53.9 Å². The van der Waals surface area contributed by atoms with Crippen LogP contribution in [0.5, 0.6) is 11.5 Å². The fraction of sp³-hybridized carbons (Fsp3) is 0.328. The Hall–Kier alpha value is -6.68. The van der Waals surface area contributed by atoms with Gasteiger partial charge in [-0.25, -0.2) is 0 Å². The van der Waals surface area contributed by atoms with Gasteiger partial charge in [-0.1, -0.05) is 121 Å². The maximum Gasteiger partial charge on any atom is 0.254 e. The van der Waals surface area contributed by atoms with Crippen LogP contribution in [-0.4, -0.2) is 70.7 Å². The number of nitrogens with zero attached hydrogens (tertiary/aromatic N) is 3. The zero-order chi connectivity index (χ0) is 49.7. The second kappa shape index (κ2) is 24.2. The molecule has 0 unspecified atom stereocenters. The van der Waals surface area contributed by atoms with Gasteiger partial charge in [-0.05, 0) is 120 Å². The van der Waals surface area contributed by atoms with Crippen molar-refractivity contribution in [3.05, 3.63) is 198 Å². The molecular formula is C61H63N3O7S. The van der Waals surface area contributed by atoms with Crippen molar-refractivity contribution in [3.63, 3.8) is 0 Å². The minimum Gasteiger partial charge on any atom is -0.493 e. The van der Waals surface area contributed by atoms with Crippen molar-refractivity contribution in [2.24, 2.45) is 22.9 Å². The van der Waals surface area contributed by atoms with Crippen molar-refractivity contribution < 1.29 is 34.1 Å². The van der Waals surface area contributed by atoms with Gasteiger partial charge in [-0.15, -0.1) is 18.3 Å². The van der Waals surface area contributed by atoms with Crippen molar-refractivity contribution in [2.45, 2.75) is 80.7 Å². The van der Waals surface area contributed by atoms with E-state index in [9.17, 15) is 15.5 Å². The number of aliphatic hydroxyl groups excluding tert-OH is 2. The summed E-state index contributed by atoms with van der Waals surface area (Å²) < 4.78 is 21.5. The Labute approximate surface area is 427 Å². The van der Waals surface area contributed by atoms with Gasteiger partial charge < -0.3 is 34.2 Å². The molecule has 0 spiro atoms. The van der Waals surface area contributed by atoms with Gasteiger partial charge in [0.2, 0.25) is 5.79 Å². The van der Waals surface area contributed by atoms with Gasteiger partial charge in [0.15, 0.2) is 0 Å². The number of hydrogen-bond donors (Lipinski definition) is 2. The normalized spacial score (nSPS) is 21.4. The lowest BCUT2D eigenvalue weighted by Crippen LogP contribution is -2.70. The predicted molar refractivity (Wildman–Crippen MR) is 284 cm³/mol. The molecule has 0 saturated heterocycles. The Morgan fingerprint density at radius 3 is 2.38 bits per heavy atom. The quantitative estimate of drug-likeness (QED) is 0.0278. The molecule has 6 aromatic rings. The molecule has 6 atom stereocenters. The van der Waals surface area contributed by atoms with E-state index in [1.165, 1.54) is 4.90 Å². The van der Waals surface area contributed by atoms with Crippen LogP contribution in [0, 0.1) is 29.1 Å². The highest BCUT2D eigenvalue weighted by atomic mass is 32.2. The second-order valence-electron chi connectivity index (χ2n) is 18.8. The number of fused-ring (bicyclic) bond motifs is 3. The fourth-order valence-electron chi connectivity index (χ4n) is 11.1. The number of hydrogen-bond acceptors (Lipinski definition) is 10. The average Bonchev–Trinajstić information content (AvgIpc) is 3.42. The number of carbonyl (C=O) groups excluding carboxylic acids is 1. The summed E-state index contributed by atoms with van der Waals surface area (Å²) in [6.07, 6.45) is 8.89. The number of benzene rings is 6. The summed E-state index contributed by atoms with van der Waals surface area (Å²) in [7, 11) is 0. The zero-order valence-corrected chi connectivity index (χ0v) is 41.5. The van der Waals surface area contributed by atoms with Gasteiger partial charge in [0.1, 0.15) is 24.1 Å². The first-order valence-corrected chi connectivity index (χ1v) is 26.3. The topological polar surface area (TPSA) is 134 Å². The van der Waals surface area contributed by atoms with Crippen LogP contribution in [0.4, 0.5) is 0 Å². The number of thioether (sulfide) groups is 1. The van der Waals surface area contributed by atoms with Gasteiger partial charge in [-0.3, -0.25) is 4.79 Å². The number of amides is 1. The minimum absolute atomic E-state index is 0.0354. The number of carbonyl (C=O) groups is 1. The number of aliphatic hydroxyl groups is 2. The van der Waals surface area contributed by atoms with Crippen LogP contribution in [-0.2, 0) is 22.7 Å². The molecule has 1 aliphatic heterocycles. The first kappa shape index (κ1) is 50.3. The molecule has 1 amide bonds. The van der Waals surface area contributed by atoms with Crippen LogP contribution >= 0.6 is 11.8 Å². The highest BCUT2D eigenvalue weighted by Gasteiger charge is 2.65. The maximum atomic E-state index is 15.7. The molecule has 2 aliphatic carbocycles. The third kappa shape index (κ3) is 11.2. The summed E-state index contributed by atoms with van der Waals surface area (Å²) in [6, 6.07) is 48.9. The summed E-state index contributed by atoms with van der Waals surface area (Å²) in [5, 5.41) is 37.1. The van der Waals surface area contributed by atoms with Gasteiger partial charge in [0.05, 0.1) is 36.5 Å². The largest absolute Gasteiger partial charge is 0.493 e. The summed E-state index contributed by atoms with van der Waals surface area (Å²) in [4.78, 5) is 25.2. The molecule has 11 heteroatoms.